The first kappa shape index (κ1) is 10.6. The van der Waals surface area contributed by atoms with Gasteiger partial charge in [0.1, 0.15) is 5.60 Å². The van der Waals surface area contributed by atoms with E-state index in [-0.39, 0.29) is 5.92 Å². The molecule has 0 spiro atoms. The second-order valence-electron chi connectivity index (χ2n) is 4.82. The van der Waals surface area contributed by atoms with Crippen LogP contribution in [-0.4, -0.2) is 10.1 Å². The fourth-order valence-electron chi connectivity index (χ4n) is 2.42. The number of hydrogen-bond donors (Lipinski definition) is 1. The van der Waals surface area contributed by atoms with Crippen molar-refractivity contribution in [2.45, 2.75) is 38.7 Å². The van der Waals surface area contributed by atoms with Gasteiger partial charge in [0.25, 0.3) is 0 Å². The number of aromatic nitrogens is 1. The first-order chi connectivity index (χ1) is 7.15. The topological polar surface area (TPSA) is 33.1 Å². The molecule has 1 atom stereocenters. The van der Waals surface area contributed by atoms with Gasteiger partial charge in [-0.2, -0.15) is 0 Å². The van der Waals surface area contributed by atoms with E-state index in [1.807, 2.05) is 18.2 Å². The van der Waals surface area contributed by atoms with Gasteiger partial charge in [-0.1, -0.05) is 26.3 Å². The van der Waals surface area contributed by atoms with E-state index in [0.717, 1.165) is 18.5 Å². The second kappa shape index (κ2) is 3.93. The highest BCUT2D eigenvalue weighted by molar-refractivity contribution is 5.16. The molecular formula is C13H19NO. The Balaban J connectivity index is 2.34. The molecule has 0 radical (unpaired) electrons. The molecule has 82 valence electrons. The van der Waals surface area contributed by atoms with Gasteiger partial charge in [-0.3, -0.25) is 4.98 Å². The Bertz CT molecular complexity index is 319. The zero-order valence-corrected chi connectivity index (χ0v) is 9.48. The number of pyridine rings is 1. The number of aliphatic hydroxyl groups is 1. The van der Waals surface area contributed by atoms with Gasteiger partial charge < -0.3 is 5.11 Å². The highest BCUT2D eigenvalue weighted by Crippen LogP contribution is 2.45. The highest BCUT2D eigenvalue weighted by Gasteiger charge is 2.44. The fourth-order valence-corrected chi connectivity index (χ4v) is 2.42. The van der Waals surface area contributed by atoms with Crippen LogP contribution in [0.5, 0.6) is 0 Å². The lowest BCUT2D eigenvalue weighted by molar-refractivity contribution is -0.0962. The summed E-state index contributed by atoms with van der Waals surface area (Å²) in [6, 6.07) is 5.79. The van der Waals surface area contributed by atoms with Crippen molar-refractivity contribution in [3.63, 3.8) is 0 Å². The summed E-state index contributed by atoms with van der Waals surface area (Å²) in [6.07, 6.45) is 5.27. The lowest BCUT2D eigenvalue weighted by atomic mass is 9.66. The standard InChI is InChI=1S/C13H19NO/c1-10(2)13(15,11-6-5-7-11)12-8-3-4-9-14-12/h3-4,8-11,15H,5-7H2,1-2H3/t13-/m0/s1. The summed E-state index contributed by atoms with van der Waals surface area (Å²) in [6.45, 7) is 4.15. The highest BCUT2D eigenvalue weighted by atomic mass is 16.3. The Hall–Kier alpha value is -0.890. The molecule has 2 heteroatoms. The smallest absolute Gasteiger partial charge is 0.112 e. The fraction of sp³-hybridized carbons (Fsp3) is 0.615. The maximum atomic E-state index is 10.8. The number of hydrogen-bond acceptors (Lipinski definition) is 2. The summed E-state index contributed by atoms with van der Waals surface area (Å²) in [7, 11) is 0. The molecule has 1 aromatic heterocycles. The first-order valence-corrected chi connectivity index (χ1v) is 5.79. The van der Waals surface area contributed by atoms with Crippen LogP contribution >= 0.6 is 0 Å². The van der Waals surface area contributed by atoms with E-state index < -0.39 is 5.60 Å². The Morgan fingerprint density at radius 1 is 1.40 bits per heavy atom. The largest absolute Gasteiger partial charge is 0.383 e. The zero-order chi connectivity index (χ0) is 10.9. The molecule has 15 heavy (non-hydrogen) atoms. The van der Waals surface area contributed by atoms with Crippen LogP contribution in [0.15, 0.2) is 24.4 Å². The van der Waals surface area contributed by atoms with E-state index in [9.17, 15) is 5.11 Å². The van der Waals surface area contributed by atoms with Gasteiger partial charge in [0.2, 0.25) is 0 Å². The summed E-state index contributed by atoms with van der Waals surface area (Å²) in [4.78, 5) is 4.32. The minimum absolute atomic E-state index is 0.220. The van der Waals surface area contributed by atoms with Crippen LogP contribution in [0, 0.1) is 11.8 Å². The van der Waals surface area contributed by atoms with Crippen LogP contribution in [-0.2, 0) is 5.60 Å². The maximum absolute atomic E-state index is 10.8. The summed E-state index contributed by atoms with van der Waals surface area (Å²) in [5, 5.41) is 10.8. The Kier molecular flexibility index (Phi) is 2.79. The van der Waals surface area contributed by atoms with Gasteiger partial charge in [0, 0.05) is 6.20 Å². The molecule has 2 rings (SSSR count). The predicted octanol–water partition coefficient (Wildman–Crippen LogP) is 2.73. The van der Waals surface area contributed by atoms with E-state index in [1.54, 1.807) is 6.20 Å². The quantitative estimate of drug-likeness (QED) is 0.823. The van der Waals surface area contributed by atoms with Crippen molar-refractivity contribution in [3.05, 3.63) is 30.1 Å². The molecule has 0 aromatic carbocycles. The molecule has 1 N–H and O–H groups in total. The van der Waals surface area contributed by atoms with Crippen LogP contribution in [0.2, 0.25) is 0 Å². The number of rotatable bonds is 3. The second-order valence-corrected chi connectivity index (χ2v) is 4.82. The summed E-state index contributed by atoms with van der Waals surface area (Å²) >= 11 is 0. The third kappa shape index (κ3) is 1.67. The molecule has 1 aliphatic carbocycles. The molecule has 1 fully saturated rings. The molecule has 2 nitrogen and oxygen atoms in total. The molecule has 0 amide bonds. The minimum Gasteiger partial charge on any atom is -0.383 e. The van der Waals surface area contributed by atoms with Gasteiger partial charge in [0.05, 0.1) is 5.69 Å². The lowest BCUT2D eigenvalue weighted by Crippen LogP contribution is -2.44. The van der Waals surface area contributed by atoms with Crippen LogP contribution in [0.3, 0.4) is 0 Å². The summed E-state index contributed by atoms with van der Waals surface area (Å²) < 4.78 is 0. The molecule has 1 aromatic rings. The van der Waals surface area contributed by atoms with E-state index in [1.165, 1.54) is 6.42 Å². The first-order valence-electron chi connectivity index (χ1n) is 5.79. The van der Waals surface area contributed by atoms with E-state index >= 15 is 0 Å². The lowest BCUT2D eigenvalue weighted by Gasteiger charge is -2.43. The van der Waals surface area contributed by atoms with Gasteiger partial charge in [-0.15, -0.1) is 0 Å². The molecule has 1 heterocycles. The van der Waals surface area contributed by atoms with Crippen molar-refractivity contribution in [2.75, 3.05) is 0 Å². The van der Waals surface area contributed by atoms with Crippen molar-refractivity contribution >= 4 is 0 Å². The third-order valence-electron chi connectivity index (χ3n) is 3.68. The van der Waals surface area contributed by atoms with Crippen LogP contribution in [0.25, 0.3) is 0 Å². The van der Waals surface area contributed by atoms with Crippen LogP contribution in [0.1, 0.15) is 38.8 Å². The van der Waals surface area contributed by atoms with Crippen molar-refractivity contribution in [2.24, 2.45) is 11.8 Å². The van der Waals surface area contributed by atoms with Crippen molar-refractivity contribution < 1.29 is 5.11 Å². The Labute approximate surface area is 91.4 Å². The van der Waals surface area contributed by atoms with Gasteiger partial charge >= 0.3 is 0 Å². The van der Waals surface area contributed by atoms with Crippen LogP contribution in [0.4, 0.5) is 0 Å². The minimum atomic E-state index is -0.723. The van der Waals surface area contributed by atoms with Crippen molar-refractivity contribution in [1.82, 2.24) is 4.98 Å². The van der Waals surface area contributed by atoms with Gasteiger partial charge in [0.15, 0.2) is 0 Å². The molecule has 1 saturated carbocycles. The molecule has 0 unspecified atom stereocenters. The molecule has 0 bridgehead atoms. The van der Waals surface area contributed by atoms with Gasteiger partial charge in [-0.25, -0.2) is 0 Å². The summed E-state index contributed by atoms with van der Waals surface area (Å²) in [5.41, 5.74) is 0.115. The van der Waals surface area contributed by atoms with E-state index in [2.05, 4.69) is 18.8 Å². The molecular weight excluding hydrogens is 186 g/mol. The summed E-state index contributed by atoms with van der Waals surface area (Å²) in [5.74, 6) is 0.616. The molecule has 0 saturated heterocycles. The SMILES string of the molecule is CC(C)[C@@](O)(c1ccccn1)C1CCC1. The average molecular weight is 205 g/mol. The third-order valence-corrected chi connectivity index (χ3v) is 3.68. The monoisotopic (exact) mass is 205 g/mol. The predicted molar refractivity (Wildman–Crippen MR) is 60.3 cm³/mol. The average Bonchev–Trinajstić information content (AvgIpc) is 2.16. The van der Waals surface area contributed by atoms with Crippen LogP contribution < -0.4 is 0 Å². The Morgan fingerprint density at radius 3 is 2.53 bits per heavy atom. The molecule has 1 aliphatic rings. The van der Waals surface area contributed by atoms with Crippen molar-refractivity contribution in [3.8, 4) is 0 Å². The van der Waals surface area contributed by atoms with E-state index in [4.69, 9.17) is 0 Å². The molecule has 0 aliphatic heterocycles. The number of nitrogens with zero attached hydrogens (tertiary/aromatic N) is 1. The maximum Gasteiger partial charge on any atom is 0.112 e. The van der Waals surface area contributed by atoms with Crippen molar-refractivity contribution in [1.29, 1.82) is 0 Å². The van der Waals surface area contributed by atoms with Gasteiger partial charge in [-0.05, 0) is 36.8 Å². The normalized spacial score (nSPS) is 21.1. The Morgan fingerprint density at radius 2 is 2.13 bits per heavy atom. The zero-order valence-electron chi connectivity index (χ0n) is 9.48. The van der Waals surface area contributed by atoms with E-state index in [0.29, 0.717) is 5.92 Å².